The van der Waals surface area contributed by atoms with Gasteiger partial charge >= 0.3 is 0 Å². The minimum absolute atomic E-state index is 0.0121. The quantitative estimate of drug-likeness (QED) is 0.545. The Kier molecular flexibility index (Phi) is 4.97. The molecule has 2 aliphatic heterocycles. The number of rotatable bonds is 4. The van der Waals surface area contributed by atoms with Crippen molar-refractivity contribution in [1.82, 2.24) is 15.2 Å². The summed E-state index contributed by atoms with van der Waals surface area (Å²) in [5, 5.41) is 2.66. The number of nitrogens with zero attached hydrogens (tertiary/aromatic N) is 2. The summed E-state index contributed by atoms with van der Waals surface area (Å²) in [4.78, 5) is 18.5. The number of piperidine rings is 1. The lowest BCUT2D eigenvalue weighted by Crippen LogP contribution is -2.32. The van der Waals surface area contributed by atoms with E-state index in [1.807, 2.05) is 12.1 Å². The third kappa shape index (κ3) is 3.52. The smallest absolute Gasteiger partial charge is 0.254 e. The Balaban J connectivity index is 1.35. The summed E-state index contributed by atoms with van der Waals surface area (Å²) in [7, 11) is 0. The van der Waals surface area contributed by atoms with Crippen LogP contribution >= 0.6 is 0 Å². The summed E-state index contributed by atoms with van der Waals surface area (Å²) in [6.07, 6.45) is 1.73. The van der Waals surface area contributed by atoms with E-state index in [2.05, 4.69) is 41.2 Å². The van der Waals surface area contributed by atoms with Crippen LogP contribution in [0.5, 0.6) is 0 Å². The van der Waals surface area contributed by atoms with Crippen LogP contribution in [0, 0.1) is 17.7 Å². The number of likely N-dealkylation sites (tertiary alicyclic amines) is 1. The predicted octanol–water partition coefficient (Wildman–Crippen LogP) is 4.54. The molecule has 3 aromatic rings. The number of amides is 1. The lowest BCUT2D eigenvalue weighted by Gasteiger charge is -2.24. The fourth-order valence-electron chi connectivity index (χ4n) is 5.95. The Labute approximate surface area is 203 Å². The van der Waals surface area contributed by atoms with Crippen LogP contribution in [0.4, 0.5) is 14.6 Å². The van der Waals surface area contributed by atoms with Gasteiger partial charge in [0, 0.05) is 42.2 Å². The molecule has 3 heterocycles. The molecule has 0 spiro atoms. The van der Waals surface area contributed by atoms with Crippen LogP contribution in [0.2, 0.25) is 0 Å². The molecule has 0 radical (unpaired) electrons. The summed E-state index contributed by atoms with van der Waals surface area (Å²) in [5.74, 6) is -1.02. The molecular weight excluding hydrogens is 446 g/mol. The topological polar surface area (TPSA) is 71.2 Å². The molecule has 3 N–H and O–H groups in total. The molecule has 3 aliphatic rings. The number of aromatic nitrogens is 1. The number of nitrogen functional groups attached to an aromatic ring is 1. The fraction of sp³-hybridized carbons (Fsp3) is 0.357. The van der Waals surface area contributed by atoms with Crippen molar-refractivity contribution in [1.29, 1.82) is 0 Å². The maximum Gasteiger partial charge on any atom is 0.254 e. The van der Waals surface area contributed by atoms with Gasteiger partial charge in [-0.25, -0.2) is 9.37 Å². The minimum atomic E-state index is -0.661. The van der Waals surface area contributed by atoms with Crippen molar-refractivity contribution in [2.45, 2.75) is 38.1 Å². The summed E-state index contributed by atoms with van der Waals surface area (Å²) in [5.41, 5.74) is 10.2. The van der Waals surface area contributed by atoms with E-state index in [4.69, 9.17) is 5.73 Å². The van der Waals surface area contributed by atoms with Crippen molar-refractivity contribution in [3.63, 3.8) is 0 Å². The molecule has 2 aromatic carbocycles. The van der Waals surface area contributed by atoms with Gasteiger partial charge in [0.05, 0.1) is 5.56 Å². The second kappa shape index (κ2) is 7.85. The van der Waals surface area contributed by atoms with Gasteiger partial charge in [0.1, 0.15) is 11.6 Å². The molecule has 6 rings (SSSR count). The van der Waals surface area contributed by atoms with E-state index in [1.54, 1.807) is 12.1 Å². The fourth-order valence-corrected chi connectivity index (χ4v) is 5.95. The Hall–Kier alpha value is -3.32. The van der Waals surface area contributed by atoms with E-state index in [0.717, 1.165) is 13.1 Å². The lowest BCUT2D eigenvalue weighted by atomic mass is 9.91. The number of carbonyl (C=O) groups excluding carboxylic acids is 1. The summed E-state index contributed by atoms with van der Waals surface area (Å²) in [6, 6.07) is 13.3. The Morgan fingerprint density at radius 1 is 1.11 bits per heavy atom. The zero-order chi connectivity index (χ0) is 24.5. The predicted molar refractivity (Wildman–Crippen MR) is 132 cm³/mol. The zero-order valence-electron chi connectivity index (χ0n) is 19.9. The van der Waals surface area contributed by atoms with E-state index in [1.165, 1.54) is 18.1 Å². The number of anilines is 1. The SMILES string of the molecule is CC(C)N1C[C@H]2C[C@@]2(c2ccc(-c3cc(-c4cc(F)c5c(c4)CCNC5=O)c(N)nc3F)cc2)C1. The molecule has 1 aliphatic carbocycles. The van der Waals surface area contributed by atoms with E-state index >= 15 is 0 Å². The lowest BCUT2D eigenvalue weighted by molar-refractivity contribution is 0.0941. The average Bonchev–Trinajstić information content (AvgIpc) is 3.39. The van der Waals surface area contributed by atoms with Crippen LogP contribution in [-0.4, -0.2) is 41.5 Å². The summed E-state index contributed by atoms with van der Waals surface area (Å²) < 4.78 is 29.7. The molecule has 7 heteroatoms. The maximum absolute atomic E-state index is 14.9. The van der Waals surface area contributed by atoms with Crippen molar-refractivity contribution >= 4 is 11.7 Å². The van der Waals surface area contributed by atoms with E-state index in [-0.39, 0.29) is 16.8 Å². The summed E-state index contributed by atoms with van der Waals surface area (Å²) >= 11 is 0. The number of hydrogen-bond donors (Lipinski definition) is 2. The molecule has 180 valence electrons. The third-order valence-corrected chi connectivity index (χ3v) is 8.07. The van der Waals surface area contributed by atoms with Gasteiger partial charge in [-0.1, -0.05) is 24.3 Å². The first-order chi connectivity index (χ1) is 16.8. The second-order valence-electron chi connectivity index (χ2n) is 10.4. The van der Waals surface area contributed by atoms with Crippen LogP contribution in [0.15, 0.2) is 42.5 Å². The Morgan fingerprint density at radius 3 is 2.60 bits per heavy atom. The van der Waals surface area contributed by atoms with Gasteiger partial charge < -0.3 is 11.1 Å². The number of nitrogens with one attached hydrogen (secondary N) is 1. The van der Waals surface area contributed by atoms with Gasteiger partial charge in [-0.15, -0.1) is 0 Å². The van der Waals surface area contributed by atoms with Crippen molar-refractivity contribution in [3.05, 3.63) is 70.9 Å². The van der Waals surface area contributed by atoms with E-state index in [0.29, 0.717) is 52.7 Å². The maximum atomic E-state index is 14.9. The standard InChI is InChI=1S/C28H28F2N4O/c1-15(2)34-13-20-12-28(20,14-34)19-5-3-16(4-6-19)21-11-22(26(31)33-25(21)30)18-9-17-7-8-32-27(35)24(17)23(29)10-18/h3-6,9-11,15,20H,7-8,12-14H2,1-2H3,(H2,31,33)(H,32,35)/t20-,28+/m1/s1. The molecule has 2 atom stereocenters. The van der Waals surface area contributed by atoms with Gasteiger partial charge in [-0.3, -0.25) is 9.69 Å². The van der Waals surface area contributed by atoms with Crippen molar-refractivity contribution in [2.24, 2.45) is 5.92 Å². The highest BCUT2D eigenvalue weighted by Crippen LogP contribution is 2.59. The van der Waals surface area contributed by atoms with Gasteiger partial charge in [0.15, 0.2) is 0 Å². The number of halogens is 2. The number of fused-ring (bicyclic) bond motifs is 2. The average molecular weight is 475 g/mol. The van der Waals surface area contributed by atoms with Crippen LogP contribution < -0.4 is 11.1 Å². The number of pyridine rings is 1. The highest BCUT2D eigenvalue weighted by molar-refractivity contribution is 5.98. The minimum Gasteiger partial charge on any atom is -0.383 e. The number of nitrogens with two attached hydrogens (primary N) is 1. The first kappa shape index (κ1) is 22.2. The van der Waals surface area contributed by atoms with Crippen LogP contribution in [0.3, 0.4) is 0 Å². The molecule has 0 unspecified atom stereocenters. The van der Waals surface area contributed by atoms with Gasteiger partial charge in [0.25, 0.3) is 5.91 Å². The first-order valence-electron chi connectivity index (χ1n) is 12.2. The third-order valence-electron chi connectivity index (χ3n) is 8.07. The summed E-state index contributed by atoms with van der Waals surface area (Å²) in [6.45, 7) is 7.12. The molecule has 35 heavy (non-hydrogen) atoms. The van der Waals surface area contributed by atoms with Crippen molar-refractivity contribution in [2.75, 3.05) is 25.4 Å². The first-order valence-corrected chi connectivity index (χ1v) is 12.2. The molecule has 5 nitrogen and oxygen atoms in total. The highest BCUT2D eigenvalue weighted by atomic mass is 19.1. The van der Waals surface area contributed by atoms with Crippen LogP contribution in [0.25, 0.3) is 22.3 Å². The molecule has 1 saturated carbocycles. The normalized spacial score (nSPS) is 23.2. The molecule has 1 saturated heterocycles. The molecule has 1 aromatic heterocycles. The van der Waals surface area contributed by atoms with Crippen molar-refractivity contribution < 1.29 is 13.6 Å². The molecule has 2 fully saturated rings. The Morgan fingerprint density at radius 2 is 1.89 bits per heavy atom. The number of hydrogen-bond acceptors (Lipinski definition) is 4. The number of benzene rings is 2. The molecule has 0 bridgehead atoms. The van der Waals surface area contributed by atoms with Gasteiger partial charge in [0.2, 0.25) is 5.95 Å². The second-order valence-corrected chi connectivity index (χ2v) is 10.4. The zero-order valence-corrected chi connectivity index (χ0v) is 19.9. The highest BCUT2D eigenvalue weighted by Gasteiger charge is 2.60. The number of carbonyl (C=O) groups is 1. The molecule has 1 amide bonds. The largest absolute Gasteiger partial charge is 0.383 e. The van der Waals surface area contributed by atoms with Gasteiger partial charge in [-0.05, 0) is 73.1 Å². The van der Waals surface area contributed by atoms with E-state index < -0.39 is 17.7 Å². The Bertz CT molecular complexity index is 1350. The van der Waals surface area contributed by atoms with Crippen LogP contribution in [-0.2, 0) is 11.8 Å². The van der Waals surface area contributed by atoms with E-state index in [9.17, 15) is 13.6 Å². The monoisotopic (exact) mass is 474 g/mol. The van der Waals surface area contributed by atoms with Gasteiger partial charge in [-0.2, -0.15) is 4.39 Å². The molecular formula is C28H28F2N4O. The van der Waals surface area contributed by atoms with Crippen LogP contribution in [0.1, 0.15) is 41.8 Å². The van der Waals surface area contributed by atoms with Crippen molar-refractivity contribution in [3.8, 4) is 22.3 Å².